The molecular weight excluding hydrogens is 286 g/mol. The van der Waals surface area contributed by atoms with Gasteiger partial charge in [0.2, 0.25) is 10.0 Å². The van der Waals surface area contributed by atoms with Crippen molar-refractivity contribution < 1.29 is 27.4 Å². The van der Waals surface area contributed by atoms with E-state index in [1.165, 1.54) is 20.3 Å². The van der Waals surface area contributed by atoms with E-state index in [0.29, 0.717) is 6.42 Å². The summed E-state index contributed by atoms with van der Waals surface area (Å²) >= 11 is 0. The Morgan fingerprint density at radius 2 is 1.90 bits per heavy atom. The van der Waals surface area contributed by atoms with Gasteiger partial charge in [0.25, 0.3) is 0 Å². The summed E-state index contributed by atoms with van der Waals surface area (Å²) in [4.78, 5) is 11.5. The monoisotopic (exact) mass is 303 g/mol. The first-order valence-electron chi connectivity index (χ1n) is 5.81. The average Bonchev–Trinajstić information content (AvgIpc) is 2.41. The van der Waals surface area contributed by atoms with E-state index in [1.54, 1.807) is 0 Å². The highest BCUT2D eigenvalue weighted by Gasteiger charge is 2.23. The fourth-order valence-corrected chi connectivity index (χ4v) is 2.27. The molecule has 0 bridgehead atoms. The number of rotatable bonds is 6. The topological polar surface area (TPSA) is 105 Å². The zero-order chi connectivity index (χ0) is 15.3. The molecule has 0 heterocycles. The molecule has 2 N–H and O–H groups in total. The van der Waals surface area contributed by atoms with E-state index in [2.05, 4.69) is 0 Å². The molecule has 0 aliphatic rings. The van der Waals surface area contributed by atoms with E-state index < -0.39 is 16.0 Å². The first-order valence-corrected chi connectivity index (χ1v) is 7.35. The normalized spacial score (nSPS) is 11.0. The second-order valence-electron chi connectivity index (χ2n) is 3.89. The van der Waals surface area contributed by atoms with Gasteiger partial charge in [-0.2, -0.15) is 0 Å². The van der Waals surface area contributed by atoms with E-state index in [4.69, 9.17) is 19.3 Å². The quantitative estimate of drug-likeness (QED) is 0.783. The molecule has 1 aromatic carbocycles. The highest BCUT2D eigenvalue weighted by atomic mass is 32.2. The fraction of sp³-hybridized carbons (Fsp3) is 0.417. The standard InChI is InChI=1S/C12H17NO6S/c1-4-5-19-12(14)8-6-9(17-2)11(18-3)10(7-8)20(13,15)16/h6-7H,4-5H2,1-3H3,(H2,13,15,16). The van der Waals surface area contributed by atoms with Crippen LogP contribution in [0.15, 0.2) is 17.0 Å². The number of ether oxygens (including phenoxy) is 3. The Balaban J connectivity index is 3.40. The third-order valence-corrected chi connectivity index (χ3v) is 3.34. The van der Waals surface area contributed by atoms with Gasteiger partial charge in [-0.3, -0.25) is 0 Å². The van der Waals surface area contributed by atoms with Gasteiger partial charge in [0, 0.05) is 0 Å². The Hall–Kier alpha value is -1.80. The van der Waals surface area contributed by atoms with Gasteiger partial charge in [0.05, 0.1) is 26.4 Å². The summed E-state index contributed by atoms with van der Waals surface area (Å²) in [5.74, 6) is -0.623. The molecular formula is C12H17NO6S. The summed E-state index contributed by atoms with van der Waals surface area (Å²) in [6.07, 6.45) is 0.654. The number of hydrogen-bond acceptors (Lipinski definition) is 6. The lowest BCUT2D eigenvalue weighted by Gasteiger charge is -2.13. The number of sulfonamides is 1. The van der Waals surface area contributed by atoms with Crippen LogP contribution >= 0.6 is 0 Å². The summed E-state index contributed by atoms with van der Waals surface area (Å²) in [5.41, 5.74) is 0.0279. The van der Waals surface area contributed by atoms with Crippen LogP contribution in [0.3, 0.4) is 0 Å². The number of methoxy groups -OCH3 is 2. The molecule has 0 amide bonds. The van der Waals surface area contributed by atoms with Gasteiger partial charge in [-0.15, -0.1) is 0 Å². The third-order valence-electron chi connectivity index (χ3n) is 2.42. The largest absolute Gasteiger partial charge is 0.493 e. The maximum absolute atomic E-state index is 11.8. The van der Waals surface area contributed by atoms with Crippen molar-refractivity contribution in [1.29, 1.82) is 0 Å². The number of esters is 1. The Morgan fingerprint density at radius 1 is 1.25 bits per heavy atom. The van der Waals surface area contributed by atoms with Crippen LogP contribution < -0.4 is 14.6 Å². The molecule has 0 aromatic heterocycles. The van der Waals surface area contributed by atoms with Crippen LogP contribution in [0.1, 0.15) is 23.7 Å². The van der Waals surface area contributed by atoms with Gasteiger partial charge in [0.1, 0.15) is 4.90 Å². The van der Waals surface area contributed by atoms with Gasteiger partial charge < -0.3 is 14.2 Å². The van der Waals surface area contributed by atoms with Crippen molar-refractivity contribution in [2.75, 3.05) is 20.8 Å². The lowest BCUT2D eigenvalue weighted by molar-refractivity contribution is 0.0504. The summed E-state index contributed by atoms with van der Waals surface area (Å²) in [5, 5.41) is 5.11. The second kappa shape index (κ2) is 6.58. The van der Waals surface area contributed by atoms with Crippen LogP contribution in [0, 0.1) is 0 Å². The van der Waals surface area contributed by atoms with Gasteiger partial charge in [-0.25, -0.2) is 18.4 Å². The molecule has 7 nitrogen and oxygen atoms in total. The number of benzene rings is 1. The van der Waals surface area contributed by atoms with Crippen LogP contribution in [-0.4, -0.2) is 35.2 Å². The van der Waals surface area contributed by atoms with Gasteiger partial charge in [0.15, 0.2) is 11.5 Å². The van der Waals surface area contributed by atoms with Crippen molar-refractivity contribution in [1.82, 2.24) is 0 Å². The Morgan fingerprint density at radius 3 is 2.35 bits per heavy atom. The highest BCUT2D eigenvalue weighted by molar-refractivity contribution is 7.89. The van der Waals surface area contributed by atoms with E-state index in [1.807, 2.05) is 6.92 Å². The highest BCUT2D eigenvalue weighted by Crippen LogP contribution is 2.35. The first kappa shape index (κ1) is 16.3. The molecule has 0 radical (unpaired) electrons. The SMILES string of the molecule is CCCOC(=O)c1cc(OC)c(OC)c(S(N)(=O)=O)c1. The van der Waals surface area contributed by atoms with E-state index in [9.17, 15) is 13.2 Å². The number of carbonyl (C=O) groups is 1. The van der Waals surface area contributed by atoms with Gasteiger partial charge in [-0.05, 0) is 18.6 Å². The summed E-state index contributed by atoms with van der Waals surface area (Å²) in [6.45, 7) is 2.08. The summed E-state index contributed by atoms with van der Waals surface area (Å²) in [6, 6.07) is 2.44. The van der Waals surface area contributed by atoms with Crippen molar-refractivity contribution in [3.05, 3.63) is 17.7 Å². The Bertz CT molecular complexity index is 596. The van der Waals surface area contributed by atoms with E-state index >= 15 is 0 Å². The molecule has 0 atom stereocenters. The molecule has 0 fully saturated rings. The number of primary sulfonamides is 1. The molecule has 0 aliphatic heterocycles. The lowest BCUT2D eigenvalue weighted by Crippen LogP contribution is -2.16. The lowest BCUT2D eigenvalue weighted by atomic mass is 10.2. The molecule has 20 heavy (non-hydrogen) atoms. The minimum absolute atomic E-state index is 0.0279. The predicted molar refractivity (Wildman–Crippen MR) is 71.5 cm³/mol. The van der Waals surface area contributed by atoms with Crippen LogP contribution in [0.2, 0.25) is 0 Å². The molecule has 8 heteroatoms. The van der Waals surface area contributed by atoms with Gasteiger partial charge in [-0.1, -0.05) is 6.92 Å². The van der Waals surface area contributed by atoms with Crippen molar-refractivity contribution in [3.63, 3.8) is 0 Å². The Labute approximate surface area is 117 Å². The minimum atomic E-state index is -4.07. The smallest absolute Gasteiger partial charge is 0.338 e. The first-order chi connectivity index (χ1) is 9.35. The maximum Gasteiger partial charge on any atom is 0.338 e. The zero-order valence-electron chi connectivity index (χ0n) is 11.5. The molecule has 112 valence electrons. The number of carbonyl (C=O) groups excluding carboxylic acids is 1. The van der Waals surface area contributed by atoms with E-state index in [-0.39, 0.29) is 28.6 Å². The molecule has 0 saturated heterocycles. The molecule has 0 spiro atoms. The van der Waals surface area contributed by atoms with Crippen molar-refractivity contribution in [3.8, 4) is 11.5 Å². The van der Waals surface area contributed by atoms with E-state index in [0.717, 1.165) is 6.07 Å². The third kappa shape index (κ3) is 3.61. The number of hydrogen-bond donors (Lipinski definition) is 1. The van der Waals surface area contributed by atoms with Crippen molar-refractivity contribution in [2.45, 2.75) is 18.2 Å². The predicted octanol–water partition coefficient (Wildman–Crippen LogP) is 0.918. The van der Waals surface area contributed by atoms with Crippen LogP contribution in [0.25, 0.3) is 0 Å². The van der Waals surface area contributed by atoms with Crippen molar-refractivity contribution in [2.24, 2.45) is 5.14 Å². The van der Waals surface area contributed by atoms with Crippen LogP contribution in [0.5, 0.6) is 11.5 Å². The number of nitrogens with two attached hydrogens (primary N) is 1. The second-order valence-corrected chi connectivity index (χ2v) is 5.42. The van der Waals surface area contributed by atoms with Crippen molar-refractivity contribution >= 4 is 16.0 Å². The molecule has 0 saturated carbocycles. The minimum Gasteiger partial charge on any atom is -0.493 e. The van der Waals surface area contributed by atoms with Crippen LogP contribution in [0.4, 0.5) is 0 Å². The Kier molecular flexibility index (Phi) is 5.34. The summed E-state index contributed by atoms with van der Waals surface area (Å²) < 4.78 is 38.1. The summed E-state index contributed by atoms with van der Waals surface area (Å²) in [7, 11) is -1.46. The molecule has 1 rings (SSSR count). The maximum atomic E-state index is 11.8. The molecule has 0 unspecified atom stereocenters. The molecule has 0 aliphatic carbocycles. The average molecular weight is 303 g/mol. The van der Waals surface area contributed by atoms with Crippen LogP contribution in [-0.2, 0) is 14.8 Å². The zero-order valence-corrected chi connectivity index (χ0v) is 12.3. The molecule has 1 aromatic rings. The fourth-order valence-electron chi connectivity index (χ4n) is 1.54. The van der Waals surface area contributed by atoms with Gasteiger partial charge >= 0.3 is 5.97 Å².